The molecule has 0 fully saturated rings. The minimum Gasteiger partial charge on any atom is -0.480 e. The standard InChI is InChI=1S/C11H11N3O2/c1-16-11-8(10(15)14-12)6-7-4-2-3-5-9(7)13-11/h2-6H,12H2,1H3,(H,14,15). The van der Waals surface area contributed by atoms with Gasteiger partial charge >= 0.3 is 0 Å². The summed E-state index contributed by atoms with van der Waals surface area (Å²) in [6.45, 7) is 0. The van der Waals surface area contributed by atoms with E-state index in [-0.39, 0.29) is 5.88 Å². The maximum atomic E-state index is 11.5. The van der Waals surface area contributed by atoms with E-state index in [2.05, 4.69) is 10.4 Å². The van der Waals surface area contributed by atoms with Crippen LogP contribution in [-0.2, 0) is 0 Å². The first-order chi connectivity index (χ1) is 7.76. The van der Waals surface area contributed by atoms with Gasteiger partial charge in [0.1, 0.15) is 5.56 Å². The van der Waals surface area contributed by atoms with Crippen LogP contribution in [0, 0.1) is 0 Å². The number of hydrogen-bond donors (Lipinski definition) is 2. The molecule has 0 atom stereocenters. The number of fused-ring (bicyclic) bond motifs is 1. The second-order valence-corrected chi connectivity index (χ2v) is 3.21. The van der Waals surface area contributed by atoms with Crippen molar-refractivity contribution in [3.8, 4) is 5.88 Å². The van der Waals surface area contributed by atoms with Crippen molar-refractivity contribution >= 4 is 16.8 Å². The Morgan fingerprint density at radius 3 is 2.88 bits per heavy atom. The van der Waals surface area contributed by atoms with Gasteiger partial charge in [0.05, 0.1) is 12.6 Å². The number of methoxy groups -OCH3 is 1. The third-order valence-electron chi connectivity index (χ3n) is 2.26. The van der Waals surface area contributed by atoms with Gasteiger partial charge in [-0.25, -0.2) is 10.8 Å². The number of hydrogen-bond acceptors (Lipinski definition) is 4. The number of rotatable bonds is 2. The van der Waals surface area contributed by atoms with E-state index in [9.17, 15) is 4.79 Å². The van der Waals surface area contributed by atoms with Crippen LogP contribution in [0.4, 0.5) is 0 Å². The number of para-hydroxylation sites is 1. The van der Waals surface area contributed by atoms with Gasteiger partial charge in [-0.1, -0.05) is 18.2 Å². The highest BCUT2D eigenvalue weighted by Gasteiger charge is 2.13. The Hall–Kier alpha value is -2.14. The summed E-state index contributed by atoms with van der Waals surface area (Å²) in [7, 11) is 1.46. The van der Waals surface area contributed by atoms with Crippen molar-refractivity contribution in [2.24, 2.45) is 5.84 Å². The number of hydrazine groups is 1. The number of carbonyl (C=O) groups is 1. The monoisotopic (exact) mass is 217 g/mol. The van der Waals surface area contributed by atoms with E-state index >= 15 is 0 Å². The summed E-state index contributed by atoms with van der Waals surface area (Å²) in [5, 5.41) is 0.863. The Bertz CT molecular complexity index is 540. The first kappa shape index (κ1) is 10.4. The zero-order valence-corrected chi connectivity index (χ0v) is 8.73. The van der Waals surface area contributed by atoms with E-state index in [1.807, 2.05) is 24.3 Å². The number of ether oxygens (including phenoxy) is 1. The summed E-state index contributed by atoms with van der Waals surface area (Å²) in [5.74, 6) is 4.93. The van der Waals surface area contributed by atoms with Gasteiger partial charge in [0, 0.05) is 5.39 Å². The highest BCUT2D eigenvalue weighted by molar-refractivity contribution is 5.99. The number of nitrogens with one attached hydrogen (secondary N) is 1. The summed E-state index contributed by atoms with van der Waals surface area (Å²) >= 11 is 0. The van der Waals surface area contributed by atoms with Gasteiger partial charge in [0.15, 0.2) is 0 Å². The summed E-state index contributed by atoms with van der Waals surface area (Å²) in [6.07, 6.45) is 0. The van der Waals surface area contributed by atoms with Gasteiger partial charge in [-0.3, -0.25) is 10.2 Å². The molecule has 1 amide bonds. The zero-order chi connectivity index (χ0) is 11.5. The number of benzene rings is 1. The maximum absolute atomic E-state index is 11.5. The molecule has 0 saturated carbocycles. The van der Waals surface area contributed by atoms with Crippen molar-refractivity contribution in [1.29, 1.82) is 0 Å². The Morgan fingerprint density at radius 2 is 2.19 bits per heavy atom. The van der Waals surface area contributed by atoms with Crippen molar-refractivity contribution in [3.05, 3.63) is 35.9 Å². The van der Waals surface area contributed by atoms with E-state index in [1.165, 1.54) is 7.11 Å². The van der Waals surface area contributed by atoms with Crippen LogP contribution in [0.1, 0.15) is 10.4 Å². The van der Waals surface area contributed by atoms with Crippen LogP contribution in [-0.4, -0.2) is 18.0 Å². The SMILES string of the molecule is COc1nc2ccccc2cc1C(=O)NN. The molecule has 1 aromatic heterocycles. The van der Waals surface area contributed by atoms with Gasteiger partial charge in [0.2, 0.25) is 5.88 Å². The topological polar surface area (TPSA) is 77.2 Å². The molecule has 3 N–H and O–H groups in total. The molecule has 1 aromatic carbocycles. The summed E-state index contributed by atoms with van der Waals surface area (Å²) in [5.41, 5.74) is 3.16. The molecule has 82 valence electrons. The molecule has 0 unspecified atom stereocenters. The largest absolute Gasteiger partial charge is 0.480 e. The van der Waals surface area contributed by atoms with Crippen molar-refractivity contribution in [2.45, 2.75) is 0 Å². The first-order valence-corrected chi connectivity index (χ1v) is 4.71. The van der Waals surface area contributed by atoms with Crippen LogP contribution in [0.25, 0.3) is 10.9 Å². The van der Waals surface area contributed by atoms with Crippen LogP contribution < -0.4 is 16.0 Å². The second-order valence-electron chi connectivity index (χ2n) is 3.21. The van der Waals surface area contributed by atoms with Gasteiger partial charge in [-0.05, 0) is 12.1 Å². The normalized spacial score (nSPS) is 10.1. The van der Waals surface area contributed by atoms with E-state index in [0.717, 1.165) is 10.9 Å². The number of aromatic nitrogens is 1. The predicted octanol–water partition coefficient (Wildman–Crippen LogP) is 0.847. The molecule has 1 heterocycles. The Labute approximate surface area is 92.2 Å². The number of carbonyl (C=O) groups excluding carboxylic acids is 1. The number of nitrogens with two attached hydrogens (primary N) is 1. The van der Waals surface area contributed by atoms with E-state index in [4.69, 9.17) is 10.6 Å². The number of pyridine rings is 1. The lowest BCUT2D eigenvalue weighted by Gasteiger charge is -2.07. The quantitative estimate of drug-likeness (QED) is 0.444. The molecular formula is C11H11N3O2. The third kappa shape index (κ3) is 1.68. The molecule has 5 nitrogen and oxygen atoms in total. The van der Waals surface area contributed by atoms with E-state index in [0.29, 0.717) is 5.56 Å². The molecular weight excluding hydrogens is 206 g/mol. The fourth-order valence-electron chi connectivity index (χ4n) is 1.49. The Morgan fingerprint density at radius 1 is 1.44 bits per heavy atom. The van der Waals surface area contributed by atoms with Crippen LogP contribution in [0.2, 0.25) is 0 Å². The summed E-state index contributed by atoms with van der Waals surface area (Å²) in [6, 6.07) is 9.17. The van der Waals surface area contributed by atoms with Crippen LogP contribution in [0.3, 0.4) is 0 Å². The highest BCUT2D eigenvalue weighted by atomic mass is 16.5. The van der Waals surface area contributed by atoms with Crippen molar-refractivity contribution in [3.63, 3.8) is 0 Å². The minimum atomic E-state index is -0.421. The molecule has 2 aromatic rings. The molecule has 5 heteroatoms. The minimum absolute atomic E-state index is 0.265. The third-order valence-corrected chi connectivity index (χ3v) is 2.26. The molecule has 0 saturated heterocycles. The number of amides is 1. The number of nitrogen functional groups attached to an aromatic ring is 1. The maximum Gasteiger partial charge on any atom is 0.270 e. The van der Waals surface area contributed by atoms with E-state index < -0.39 is 5.91 Å². The van der Waals surface area contributed by atoms with Crippen LogP contribution in [0.15, 0.2) is 30.3 Å². The lowest BCUT2D eigenvalue weighted by atomic mass is 10.1. The fraction of sp³-hybridized carbons (Fsp3) is 0.0909. The van der Waals surface area contributed by atoms with Crippen molar-refractivity contribution < 1.29 is 9.53 Å². The van der Waals surface area contributed by atoms with Gasteiger partial charge in [-0.2, -0.15) is 0 Å². The lowest BCUT2D eigenvalue weighted by Crippen LogP contribution is -2.30. The van der Waals surface area contributed by atoms with Crippen LogP contribution >= 0.6 is 0 Å². The van der Waals surface area contributed by atoms with Crippen molar-refractivity contribution in [2.75, 3.05) is 7.11 Å². The molecule has 0 aliphatic carbocycles. The molecule has 0 spiro atoms. The highest BCUT2D eigenvalue weighted by Crippen LogP contribution is 2.21. The lowest BCUT2D eigenvalue weighted by molar-refractivity contribution is 0.0950. The Kier molecular flexibility index (Phi) is 2.70. The Balaban J connectivity index is 2.67. The fourth-order valence-corrected chi connectivity index (χ4v) is 1.49. The molecule has 0 aliphatic heterocycles. The van der Waals surface area contributed by atoms with E-state index in [1.54, 1.807) is 6.07 Å². The predicted molar refractivity (Wildman–Crippen MR) is 59.9 cm³/mol. The molecule has 16 heavy (non-hydrogen) atoms. The molecule has 0 bridgehead atoms. The zero-order valence-electron chi connectivity index (χ0n) is 8.73. The average molecular weight is 217 g/mol. The summed E-state index contributed by atoms with van der Waals surface area (Å²) < 4.78 is 5.05. The van der Waals surface area contributed by atoms with Gasteiger partial charge < -0.3 is 4.74 Å². The van der Waals surface area contributed by atoms with Crippen LogP contribution in [0.5, 0.6) is 5.88 Å². The summed E-state index contributed by atoms with van der Waals surface area (Å²) in [4.78, 5) is 15.7. The smallest absolute Gasteiger partial charge is 0.270 e. The van der Waals surface area contributed by atoms with Gasteiger partial charge in [-0.15, -0.1) is 0 Å². The van der Waals surface area contributed by atoms with Crippen molar-refractivity contribution in [1.82, 2.24) is 10.4 Å². The number of nitrogens with zero attached hydrogens (tertiary/aromatic N) is 1. The molecule has 2 rings (SSSR count). The second kappa shape index (κ2) is 4.16. The first-order valence-electron chi connectivity index (χ1n) is 4.71. The average Bonchev–Trinajstić information content (AvgIpc) is 2.36. The molecule has 0 aliphatic rings. The molecule has 0 radical (unpaired) electrons. The van der Waals surface area contributed by atoms with Gasteiger partial charge in [0.25, 0.3) is 5.91 Å².